The lowest BCUT2D eigenvalue weighted by Crippen LogP contribution is -2.41. The van der Waals surface area contributed by atoms with Gasteiger partial charge in [0.15, 0.2) is 0 Å². The minimum absolute atomic E-state index is 0.278. The smallest absolute Gasteiger partial charge is 0.416 e. The molecule has 0 aliphatic carbocycles. The van der Waals surface area contributed by atoms with Crippen molar-refractivity contribution in [1.29, 1.82) is 0 Å². The Morgan fingerprint density at radius 1 is 0.969 bits per heavy atom. The average Bonchev–Trinajstić information content (AvgIpc) is 3.11. The van der Waals surface area contributed by atoms with E-state index in [0.717, 1.165) is 29.0 Å². The number of hydrogen-bond donors (Lipinski definition) is 0. The van der Waals surface area contributed by atoms with Crippen molar-refractivity contribution in [2.75, 3.05) is 6.54 Å². The molecular formula is C23H23F3N4O2. The van der Waals surface area contributed by atoms with Gasteiger partial charge in [0.25, 0.3) is 0 Å². The molecule has 168 valence electrons. The second kappa shape index (κ2) is 7.96. The molecule has 1 aromatic carbocycles. The number of carbonyl (C=O) groups is 1. The number of ether oxygens (including phenoxy) is 1. The molecule has 3 heterocycles. The number of benzene rings is 1. The summed E-state index contributed by atoms with van der Waals surface area (Å²) in [7, 11) is 0. The maximum Gasteiger partial charge on any atom is 0.416 e. The summed E-state index contributed by atoms with van der Waals surface area (Å²) in [6, 6.07) is 8.59. The van der Waals surface area contributed by atoms with Crippen molar-refractivity contribution < 1.29 is 22.7 Å². The third-order valence-electron chi connectivity index (χ3n) is 5.09. The van der Waals surface area contributed by atoms with Crippen molar-refractivity contribution in [3.8, 4) is 22.4 Å². The highest BCUT2D eigenvalue weighted by atomic mass is 19.4. The highest BCUT2D eigenvalue weighted by Gasteiger charge is 2.32. The van der Waals surface area contributed by atoms with Crippen molar-refractivity contribution in [3.63, 3.8) is 0 Å². The third kappa shape index (κ3) is 4.46. The SMILES string of the molecule is CC(C)(C)OC(=O)N1CCn2nc(-c3ccc(C(F)(F)F)cc3)c(-c3ccncc3)c2C1. The highest BCUT2D eigenvalue weighted by molar-refractivity contribution is 5.83. The number of rotatable bonds is 2. The molecule has 32 heavy (non-hydrogen) atoms. The van der Waals surface area contributed by atoms with Gasteiger partial charge in [0, 0.05) is 30.1 Å². The first kappa shape index (κ1) is 21.9. The summed E-state index contributed by atoms with van der Waals surface area (Å²) in [6.45, 7) is 6.58. The van der Waals surface area contributed by atoms with Crippen LogP contribution >= 0.6 is 0 Å². The molecule has 4 rings (SSSR count). The highest BCUT2D eigenvalue weighted by Crippen LogP contribution is 2.38. The first-order valence-electron chi connectivity index (χ1n) is 10.2. The summed E-state index contributed by atoms with van der Waals surface area (Å²) in [5, 5.41) is 4.69. The summed E-state index contributed by atoms with van der Waals surface area (Å²) < 4.78 is 46.4. The number of pyridine rings is 1. The lowest BCUT2D eigenvalue weighted by molar-refractivity contribution is -0.137. The van der Waals surface area contributed by atoms with Crippen LogP contribution in [-0.4, -0.2) is 37.9 Å². The summed E-state index contributed by atoms with van der Waals surface area (Å²) >= 11 is 0. The molecule has 0 saturated carbocycles. The Balaban J connectivity index is 1.76. The quantitative estimate of drug-likeness (QED) is 0.532. The summed E-state index contributed by atoms with van der Waals surface area (Å²) in [6.07, 6.45) is -1.54. The first-order chi connectivity index (χ1) is 15.0. The van der Waals surface area contributed by atoms with Crippen molar-refractivity contribution in [2.45, 2.75) is 45.6 Å². The van der Waals surface area contributed by atoms with Crippen LogP contribution in [0.5, 0.6) is 0 Å². The number of fused-ring (bicyclic) bond motifs is 1. The lowest BCUT2D eigenvalue weighted by Gasteiger charge is -2.30. The van der Waals surface area contributed by atoms with Gasteiger partial charge >= 0.3 is 12.3 Å². The minimum atomic E-state index is -4.41. The van der Waals surface area contributed by atoms with Crippen LogP contribution in [0.4, 0.5) is 18.0 Å². The lowest BCUT2D eigenvalue weighted by atomic mass is 9.98. The van der Waals surface area contributed by atoms with Gasteiger partial charge in [0.05, 0.1) is 24.3 Å². The number of amides is 1. The molecule has 0 bridgehead atoms. The van der Waals surface area contributed by atoms with Crippen LogP contribution in [0.25, 0.3) is 22.4 Å². The van der Waals surface area contributed by atoms with E-state index in [1.807, 2.05) is 37.6 Å². The second-order valence-corrected chi connectivity index (χ2v) is 8.61. The predicted octanol–water partition coefficient (Wildman–Crippen LogP) is 5.38. The Morgan fingerprint density at radius 3 is 2.22 bits per heavy atom. The van der Waals surface area contributed by atoms with Gasteiger partial charge in [-0.25, -0.2) is 4.79 Å². The number of hydrogen-bond acceptors (Lipinski definition) is 4. The van der Waals surface area contributed by atoms with Crippen LogP contribution in [0.2, 0.25) is 0 Å². The van der Waals surface area contributed by atoms with Crippen LogP contribution < -0.4 is 0 Å². The van der Waals surface area contributed by atoms with Crippen LogP contribution in [0, 0.1) is 0 Å². The molecule has 3 aromatic rings. The zero-order valence-corrected chi connectivity index (χ0v) is 18.0. The van der Waals surface area contributed by atoms with Gasteiger partial charge in [-0.2, -0.15) is 18.3 Å². The van der Waals surface area contributed by atoms with Crippen molar-refractivity contribution in [2.24, 2.45) is 0 Å². The molecule has 0 unspecified atom stereocenters. The van der Waals surface area contributed by atoms with E-state index in [9.17, 15) is 18.0 Å². The van der Waals surface area contributed by atoms with Crippen LogP contribution in [0.3, 0.4) is 0 Å². The van der Waals surface area contributed by atoms with Gasteiger partial charge in [-0.15, -0.1) is 0 Å². The number of nitrogens with zero attached hydrogens (tertiary/aromatic N) is 4. The zero-order valence-electron chi connectivity index (χ0n) is 18.0. The normalized spacial score (nSPS) is 14.2. The van der Waals surface area contributed by atoms with Gasteiger partial charge in [0.2, 0.25) is 0 Å². The topological polar surface area (TPSA) is 60.2 Å². The maximum atomic E-state index is 13.0. The maximum absolute atomic E-state index is 13.0. The van der Waals surface area contributed by atoms with Crippen molar-refractivity contribution in [3.05, 3.63) is 60.0 Å². The fraction of sp³-hybridized carbons (Fsp3) is 0.348. The molecule has 1 amide bonds. The van der Waals surface area contributed by atoms with E-state index < -0.39 is 23.4 Å². The Hall–Kier alpha value is -3.36. The number of alkyl halides is 3. The molecule has 0 radical (unpaired) electrons. The molecule has 1 aliphatic rings. The van der Waals surface area contributed by atoms with Gasteiger partial charge in [0.1, 0.15) is 11.3 Å². The van der Waals surface area contributed by atoms with Crippen molar-refractivity contribution >= 4 is 6.09 Å². The van der Waals surface area contributed by atoms with E-state index in [2.05, 4.69) is 4.98 Å². The molecule has 0 fully saturated rings. The number of aromatic nitrogens is 3. The monoisotopic (exact) mass is 444 g/mol. The molecule has 1 aliphatic heterocycles. The minimum Gasteiger partial charge on any atom is -0.444 e. The van der Waals surface area contributed by atoms with E-state index >= 15 is 0 Å². The Kier molecular flexibility index (Phi) is 5.44. The van der Waals surface area contributed by atoms with E-state index in [-0.39, 0.29) is 6.54 Å². The molecule has 9 heteroatoms. The van der Waals surface area contributed by atoms with Crippen LogP contribution in [-0.2, 0) is 24.0 Å². The third-order valence-corrected chi connectivity index (χ3v) is 5.09. The van der Waals surface area contributed by atoms with E-state index in [4.69, 9.17) is 9.84 Å². The standard InChI is InChI=1S/C23H23F3N4O2/c1-22(2,3)32-21(31)29-12-13-30-18(14-29)19(15-8-10-27-11-9-15)20(28-30)16-4-6-17(7-5-16)23(24,25)26/h4-11H,12-14H2,1-3H3. The fourth-order valence-corrected chi connectivity index (χ4v) is 3.64. The molecular weight excluding hydrogens is 421 g/mol. The largest absolute Gasteiger partial charge is 0.444 e. The summed E-state index contributed by atoms with van der Waals surface area (Å²) in [4.78, 5) is 18.3. The van der Waals surface area contributed by atoms with E-state index in [1.165, 1.54) is 12.1 Å². The average molecular weight is 444 g/mol. The van der Waals surface area contributed by atoms with Crippen molar-refractivity contribution in [1.82, 2.24) is 19.7 Å². The first-order valence-corrected chi connectivity index (χ1v) is 10.2. The molecule has 0 atom stereocenters. The van der Waals surface area contributed by atoms with Gasteiger partial charge in [-0.3, -0.25) is 9.67 Å². The Bertz CT molecular complexity index is 1120. The second-order valence-electron chi connectivity index (χ2n) is 8.61. The molecule has 0 saturated heterocycles. The Morgan fingerprint density at radius 2 is 1.62 bits per heavy atom. The van der Waals surface area contributed by atoms with E-state index in [1.54, 1.807) is 17.3 Å². The molecule has 0 N–H and O–H groups in total. The van der Waals surface area contributed by atoms with Crippen LogP contribution in [0.1, 0.15) is 32.0 Å². The Labute approximate surface area is 183 Å². The van der Waals surface area contributed by atoms with Crippen LogP contribution in [0.15, 0.2) is 48.8 Å². The van der Waals surface area contributed by atoms with Gasteiger partial charge in [-0.05, 0) is 50.6 Å². The summed E-state index contributed by atoms with van der Waals surface area (Å²) in [5.41, 5.74) is 2.17. The molecule has 2 aromatic heterocycles. The van der Waals surface area contributed by atoms with Gasteiger partial charge in [-0.1, -0.05) is 12.1 Å². The number of carbonyl (C=O) groups excluding carboxylic acids is 1. The molecule has 6 nitrogen and oxygen atoms in total. The zero-order chi connectivity index (χ0) is 23.1. The number of halogens is 3. The summed E-state index contributed by atoms with van der Waals surface area (Å²) in [5.74, 6) is 0. The van der Waals surface area contributed by atoms with Gasteiger partial charge < -0.3 is 9.64 Å². The van der Waals surface area contributed by atoms with E-state index in [0.29, 0.717) is 24.3 Å². The molecule has 0 spiro atoms. The predicted molar refractivity (Wildman–Crippen MR) is 113 cm³/mol. The fourth-order valence-electron chi connectivity index (χ4n) is 3.64.